The summed E-state index contributed by atoms with van der Waals surface area (Å²) in [5.74, 6) is -0.363. The van der Waals surface area contributed by atoms with Crippen LogP contribution in [0.1, 0.15) is 5.56 Å². The van der Waals surface area contributed by atoms with Gasteiger partial charge in [-0.05, 0) is 64.6 Å². The molecule has 0 spiro atoms. The molecule has 0 amide bonds. The Kier molecular flexibility index (Phi) is 5.04. The Hall–Kier alpha value is -2.87. The number of pyridine rings is 1. The quantitative estimate of drug-likeness (QED) is 0.315. The summed E-state index contributed by atoms with van der Waals surface area (Å²) in [6, 6.07) is 20.1. The van der Waals surface area contributed by atoms with Gasteiger partial charge >= 0.3 is 5.97 Å². The number of phenols is 1. The van der Waals surface area contributed by atoms with Gasteiger partial charge in [-0.25, -0.2) is 9.78 Å². The molecular formula is C22H16INO4. The summed E-state index contributed by atoms with van der Waals surface area (Å²) < 4.78 is 6.74. The highest BCUT2D eigenvalue weighted by molar-refractivity contribution is 14.1. The molecule has 0 aliphatic rings. The standard InChI is InChI=1S/C22H16INO4/c23-16-11-13(9-10-19(16)25)12-20(22(26)27)28-21-14-5-1-3-7-17(14)24-18-8-4-2-6-15(18)21/h1-11,20,25H,12H2,(H,26,27). The van der Waals surface area contributed by atoms with E-state index in [-0.39, 0.29) is 12.2 Å². The van der Waals surface area contributed by atoms with Gasteiger partial charge < -0.3 is 14.9 Å². The third kappa shape index (κ3) is 3.60. The van der Waals surface area contributed by atoms with E-state index < -0.39 is 12.1 Å². The van der Waals surface area contributed by atoms with Crippen molar-refractivity contribution in [2.24, 2.45) is 0 Å². The number of hydrogen-bond acceptors (Lipinski definition) is 4. The van der Waals surface area contributed by atoms with Gasteiger partial charge in [0.2, 0.25) is 0 Å². The molecule has 0 aliphatic carbocycles. The minimum Gasteiger partial charge on any atom is -0.507 e. The second-order valence-corrected chi connectivity index (χ2v) is 7.57. The number of ether oxygens (including phenoxy) is 1. The van der Waals surface area contributed by atoms with Crippen LogP contribution in [0.4, 0.5) is 0 Å². The van der Waals surface area contributed by atoms with E-state index in [0.717, 1.165) is 27.4 Å². The van der Waals surface area contributed by atoms with Crippen LogP contribution < -0.4 is 4.74 Å². The van der Waals surface area contributed by atoms with Crippen LogP contribution in [-0.4, -0.2) is 27.3 Å². The van der Waals surface area contributed by atoms with Crippen LogP contribution in [0.3, 0.4) is 0 Å². The lowest BCUT2D eigenvalue weighted by atomic mass is 10.1. The molecule has 0 aliphatic heterocycles. The zero-order valence-electron chi connectivity index (χ0n) is 14.7. The lowest BCUT2D eigenvalue weighted by Gasteiger charge is -2.18. The minimum absolute atomic E-state index is 0.170. The third-order valence-corrected chi connectivity index (χ3v) is 5.37. The molecule has 1 heterocycles. The number of fused-ring (bicyclic) bond motifs is 2. The van der Waals surface area contributed by atoms with E-state index in [4.69, 9.17) is 4.74 Å². The largest absolute Gasteiger partial charge is 0.507 e. The first-order chi connectivity index (χ1) is 13.5. The molecule has 0 radical (unpaired) electrons. The van der Waals surface area contributed by atoms with E-state index in [1.807, 2.05) is 71.1 Å². The fourth-order valence-electron chi connectivity index (χ4n) is 3.14. The second-order valence-electron chi connectivity index (χ2n) is 6.41. The number of aliphatic carboxylic acids is 1. The fourth-order valence-corrected chi connectivity index (χ4v) is 3.72. The molecule has 4 aromatic rings. The Bertz CT molecular complexity index is 1140. The number of aromatic nitrogens is 1. The SMILES string of the molecule is O=C(O)C(Cc1ccc(O)c(I)c1)Oc1c2ccccc2nc2ccccc12. The van der Waals surface area contributed by atoms with Crippen LogP contribution in [0.2, 0.25) is 0 Å². The molecule has 4 rings (SSSR count). The number of nitrogens with zero attached hydrogens (tertiary/aromatic N) is 1. The van der Waals surface area contributed by atoms with Gasteiger partial charge in [0.1, 0.15) is 11.5 Å². The van der Waals surface area contributed by atoms with Crippen molar-refractivity contribution in [3.8, 4) is 11.5 Å². The second kappa shape index (κ2) is 7.63. The maximum absolute atomic E-state index is 11.9. The maximum Gasteiger partial charge on any atom is 0.345 e. The highest BCUT2D eigenvalue weighted by Gasteiger charge is 2.23. The lowest BCUT2D eigenvalue weighted by Crippen LogP contribution is -2.29. The molecule has 0 fully saturated rings. The van der Waals surface area contributed by atoms with Gasteiger partial charge in [-0.1, -0.05) is 30.3 Å². The van der Waals surface area contributed by atoms with Crippen molar-refractivity contribution in [2.45, 2.75) is 12.5 Å². The van der Waals surface area contributed by atoms with E-state index in [9.17, 15) is 15.0 Å². The van der Waals surface area contributed by atoms with Crippen molar-refractivity contribution >= 4 is 50.4 Å². The van der Waals surface area contributed by atoms with E-state index in [0.29, 0.717) is 9.32 Å². The summed E-state index contributed by atoms with van der Waals surface area (Å²) in [7, 11) is 0. The molecule has 2 N–H and O–H groups in total. The number of aromatic hydroxyl groups is 1. The Balaban J connectivity index is 1.78. The number of hydrogen-bond donors (Lipinski definition) is 2. The lowest BCUT2D eigenvalue weighted by molar-refractivity contribution is -0.144. The Labute approximate surface area is 174 Å². The first-order valence-electron chi connectivity index (χ1n) is 8.67. The predicted molar refractivity (Wildman–Crippen MR) is 116 cm³/mol. The van der Waals surface area contributed by atoms with Crippen molar-refractivity contribution in [1.29, 1.82) is 0 Å². The number of para-hydroxylation sites is 2. The zero-order chi connectivity index (χ0) is 19.7. The number of carboxylic acids is 1. The first kappa shape index (κ1) is 18.5. The van der Waals surface area contributed by atoms with Crippen LogP contribution >= 0.6 is 22.6 Å². The third-order valence-electron chi connectivity index (χ3n) is 4.51. The first-order valence-corrected chi connectivity index (χ1v) is 9.75. The summed E-state index contributed by atoms with van der Waals surface area (Å²) in [4.78, 5) is 16.6. The van der Waals surface area contributed by atoms with E-state index in [2.05, 4.69) is 4.98 Å². The van der Waals surface area contributed by atoms with Crippen LogP contribution in [0.25, 0.3) is 21.8 Å². The molecule has 1 unspecified atom stereocenters. The summed E-state index contributed by atoms with van der Waals surface area (Å²) in [5.41, 5.74) is 2.27. The molecule has 28 heavy (non-hydrogen) atoms. The molecule has 0 saturated heterocycles. The Morgan fingerprint density at radius 2 is 1.61 bits per heavy atom. The van der Waals surface area contributed by atoms with Gasteiger partial charge in [0.15, 0.2) is 6.10 Å². The number of carboxylic acid groups (broad SMARTS) is 1. The summed E-state index contributed by atoms with van der Waals surface area (Å²) in [5, 5.41) is 21.0. The summed E-state index contributed by atoms with van der Waals surface area (Å²) in [6.45, 7) is 0. The number of carbonyl (C=O) groups is 1. The molecule has 0 saturated carbocycles. The van der Waals surface area contributed by atoms with Gasteiger partial charge in [0, 0.05) is 17.2 Å². The molecule has 3 aromatic carbocycles. The van der Waals surface area contributed by atoms with Crippen molar-refractivity contribution < 1.29 is 19.7 Å². The monoisotopic (exact) mass is 485 g/mol. The van der Waals surface area contributed by atoms with Gasteiger partial charge in [0.05, 0.1) is 14.6 Å². The van der Waals surface area contributed by atoms with E-state index in [1.54, 1.807) is 18.2 Å². The highest BCUT2D eigenvalue weighted by Crippen LogP contribution is 2.34. The van der Waals surface area contributed by atoms with Crippen molar-refractivity contribution in [2.75, 3.05) is 0 Å². The van der Waals surface area contributed by atoms with E-state index >= 15 is 0 Å². The molecule has 5 nitrogen and oxygen atoms in total. The van der Waals surface area contributed by atoms with Gasteiger partial charge in [-0.15, -0.1) is 0 Å². The van der Waals surface area contributed by atoms with Crippen molar-refractivity contribution in [3.63, 3.8) is 0 Å². The van der Waals surface area contributed by atoms with E-state index in [1.165, 1.54) is 0 Å². The zero-order valence-corrected chi connectivity index (χ0v) is 16.8. The topological polar surface area (TPSA) is 79.7 Å². The average molecular weight is 485 g/mol. The minimum atomic E-state index is -1.07. The van der Waals surface area contributed by atoms with Crippen LogP contribution in [0.15, 0.2) is 66.7 Å². The maximum atomic E-state index is 11.9. The smallest absolute Gasteiger partial charge is 0.345 e. The molecular weight excluding hydrogens is 469 g/mol. The molecule has 1 atom stereocenters. The summed E-state index contributed by atoms with van der Waals surface area (Å²) >= 11 is 2.01. The number of phenolic OH excluding ortho intramolecular Hbond substituents is 1. The number of rotatable bonds is 5. The van der Waals surface area contributed by atoms with Gasteiger partial charge in [-0.2, -0.15) is 0 Å². The van der Waals surface area contributed by atoms with Crippen LogP contribution in [0, 0.1) is 3.57 Å². The highest BCUT2D eigenvalue weighted by atomic mass is 127. The van der Waals surface area contributed by atoms with Gasteiger partial charge in [-0.3, -0.25) is 0 Å². The summed E-state index contributed by atoms with van der Waals surface area (Å²) in [6.07, 6.45) is -0.897. The normalized spacial score (nSPS) is 12.2. The molecule has 6 heteroatoms. The Morgan fingerprint density at radius 3 is 2.18 bits per heavy atom. The average Bonchev–Trinajstić information content (AvgIpc) is 2.69. The van der Waals surface area contributed by atoms with Crippen LogP contribution in [-0.2, 0) is 11.2 Å². The van der Waals surface area contributed by atoms with Crippen molar-refractivity contribution in [1.82, 2.24) is 4.98 Å². The van der Waals surface area contributed by atoms with Crippen molar-refractivity contribution in [3.05, 3.63) is 75.9 Å². The number of benzene rings is 3. The Morgan fingerprint density at radius 1 is 1.00 bits per heavy atom. The predicted octanol–water partition coefficient (Wildman–Crippen LogP) is 4.77. The molecule has 140 valence electrons. The van der Waals surface area contributed by atoms with Crippen LogP contribution in [0.5, 0.6) is 11.5 Å². The van der Waals surface area contributed by atoms with Gasteiger partial charge in [0.25, 0.3) is 0 Å². The molecule has 0 bridgehead atoms. The molecule has 1 aromatic heterocycles. The number of halogens is 1. The fraction of sp³-hybridized carbons (Fsp3) is 0.0909.